The second-order valence-corrected chi connectivity index (χ2v) is 3.76. The van der Waals surface area contributed by atoms with Crippen molar-refractivity contribution in [3.05, 3.63) is 0 Å². The normalized spacial score (nSPS) is 18.6. The third kappa shape index (κ3) is 3.17. The van der Waals surface area contributed by atoms with Gasteiger partial charge in [-0.1, -0.05) is 19.3 Å². The zero-order chi connectivity index (χ0) is 8.97. The summed E-state index contributed by atoms with van der Waals surface area (Å²) in [6.45, 7) is 2.00. The molecular formula is C8H15N3S. The van der Waals surface area contributed by atoms with Crippen LogP contribution in [0.3, 0.4) is 0 Å². The van der Waals surface area contributed by atoms with Gasteiger partial charge in [0.1, 0.15) is 0 Å². The minimum Gasteiger partial charge on any atom is -0.375 e. The number of nitrogens with two attached hydrogens (primary N) is 1. The molecule has 3 N–H and O–H groups in total. The predicted octanol–water partition coefficient (Wildman–Crippen LogP) is 1.39. The zero-order valence-corrected chi connectivity index (χ0v) is 8.16. The van der Waals surface area contributed by atoms with Gasteiger partial charge in [0, 0.05) is 5.71 Å². The van der Waals surface area contributed by atoms with Crippen molar-refractivity contribution < 1.29 is 0 Å². The van der Waals surface area contributed by atoms with Gasteiger partial charge in [-0.15, -0.1) is 0 Å². The molecule has 12 heavy (non-hydrogen) atoms. The van der Waals surface area contributed by atoms with Crippen molar-refractivity contribution in [2.75, 3.05) is 0 Å². The molecule has 0 aromatic carbocycles. The van der Waals surface area contributed by atoms with Crippen LogP contribution < -0.4 is 11.2 Å². The Labute approximate surface area is 78.4 Å². The average Bonchev–Trinajstić information content (AvgIpc) is 1.93. The number of thiocarbonyl (C=S) groups is 1. The number of nitrogens with zero attached hydrogens (tertiary/aromatic N) is 1. The molecule has 4 heteroatoms. The van der Waals surface area contributed by atoms with Crippen molar-refractivity contribution in [2.24, 2.45) is 16.8 Å². The van der Waals surface area contributed by atoms with E-state index in [2.05, 4.69) is 22.7 Å². The van der Waals surface area contributed by atoms with E-state index in [1.54, 1.807) is 0 Å². The standard InChI is InChI=1S/C8H15N3S/c1-6(10-11-8(9)12)5-7-3-2-4-7/h7H,2-5H2,1H3,(H3,9,11,12). The first-order chi connectivity index (χ1) is 5.68. The van der Waals surface area contributed by atoms with Gasteiger partial charge < -0.3 is 5.73 Å². The summed E-state index contributed by atoms with van der Waals surface area (Å²) in [6, 6.07) is 0. The van der Waals surface area contributed by atoms with Crippen LogP contribution in [-0.4, -0.2) is 10.8 Å². The molecule has 1 fully saturated rings. The summed E-state index contributed by atoms with van der Waals surface area (Å²) in [6.07, 6.45) is 5.15. The molecule has 0 spiro atoms. The zero-order valence-electron chi connectivity index (χ0n) is 7.34. The maximum absolute atomic E-state index is 5.23. The minimum absolute atomic E-state index is 0.239. The van der Waals surface area contributed by atoms with Crippen molar-refractivity contribution in [1.29, 1.82) is 0 Å². The van der Waals surface area contributed by atoms with Crippen molar-refractivity contribution in [3.63, 3.8) is 0 Å². The molecule has 1 saturated carbocycles. The molecule has 1 aliphatic carbocycles. The second kappa shape index (κ2) is 4.40. The highest BCUT2D eigenvalue weighted by Crippen LogP contribution is 2.29. The molecule has 0 aromatic rings. The molecule has 0 saturated heterocycles. The lowest BCUT2D eigenvalue weighted by Gasteiger charge is -2.24. The van der Waals surface area contributed by atoms with Crippen LogP contribution in [0.4, 0.5) is 0 Å². The van der Waals surface area contributed by atoms with Crippen LogP contribution in [0.5, 0.6) is 0 Å². The summed E-state index contributed by atoms with van der Waals surface area (Å²) in [4.78, 5) is 0. The van der Waals surface area contributed by atoms with Crippen molar-refractivity contribution in [3.8, 4) is 0 Å². The molecule has 1 aliphatic rings. The first kappa shape index (κ1) is 9.45. The smallest absolute Gasteiger partial charge is 0.184 e. The predicted molar refractivity (Wildman–Crippen MR) is 55.0 cm³/mol. The lowest BCUT2D eigenvalue weighted by atomic mass is 9.82. The lowest BCUT2D eigenvalue weighted by molar-refractivity contribution is 0.326. The van der Waals surface area contributed by atoms with E-state index in [4.69, 9.17) is 5.73 Å². The molecular weight excluding hydrogens is 170 g/mol. The maximum Gasteiger partial charge on any atom is 0.184 e. The number of hydrazone groups is 1. The summed E-state index contributed by atoms with van der Waals surface area (Å²) in [5, 5.41) is 4.28. The van der Waals surface area contributed by atoms with Crippen LogP contribution in [-0.2, 0) is 0 Å². The Morgan fingerprint density at radius 2 is 2.33 bits per heavy atom. The topological polar surface area (TPSA) is 50.4 Å². The van der Waals surface area contributed by atoms with Crippen LogP contribution in [0.1, 0.15) is 32.6 Å². The van der Waals surface area contributed by atoms with E-state index in [-0.39, 0.29) is 5.11 Å². The third-order valence-electron chi connectivity index (χ3n) is 2.17. The van der Waals surface area contributed by atoms with E-state index in [9.17, 15) is 0 Å². The number of rotatable bonds is 3. The molecule has 1 rings (SSSR count). The van der Waals surface area contributed by atoms with E-state index >= 15 is 0 Å². The number of nitrogens with one attached hydrogen (secondary N) is 1. The number of hydrogen-bond donors (Lipinski definition) is 2. The Kier molecular flexibility index (Phi) is 3.47. The Balaban J connectivity index is 2.20. The first-order valence-electron chi connectivity index (χ1n) is 4.27. The highest BCUT2D eigenvalue weighted by molar-refractivity contribution is 7.80. The summed E-state index contributed by atoms with van der Waals surface area (Å²) >= 11 is 4.63. The molecule has 3 nitrogen and oxygen atoms in total. The van der Waals surface area contributed by atoms with Gasteiger partial charge in [0.05, 0.1) is 0 Å². The fourth-order valence-corrected chi connectivity index (χ4v) is 1.36. The summed E-state index contributed by atoms with van der Waals surface area (Å²) in [5.41, 5.74) is 8.92. The Bertz CT molecular complexity index is 196. The summed E-state index contributed by atoms with van der Waals surface area (Å²) < 4.78 is 0. The van der Waals surface area contributed by atoms with Gasteiger partial charge in [0.2, 0.25) is 0 Å². The maximum atomic E-state index is 5.23. The van der Waals surface area contributed by atoms with Crippen LogP contribution in [0, 0.1) is 5.92 Å². The van der Waals surface area contributed by atoms with Crippen molar-refractivity contribution in [2.45, 2.75) is 32.6 Å². The molecule has 0 unspecified atom stereocenters. The first-order valence-corrected chi connectivity index (χ1v) is 4.68. The van der Waals surface area contributed by atoms with Gasteiger partial charge in [0.25, 0.3) is 0 Å². The van der Waals surface area contributed by atoms with Gasteiger partial charge in [-0.3, -0.25) is 5.43 Å². The largest absolute Gasteiger partial charge is 0.375 e. The SMILES string of the molecule is CC(CC1CCC1)=NNC(N)=S. The van der Waals surface area contributed by atoms with Gasteiger partial charge in [-0.2, -0.15) is 5.10 Å². The molecule has 0 aromatic heterocycles. The molecule has 0 bridgehead atoms. The number of hydrogen-bond acceptors (Lipinski definition) is 2. The highest BCUT2D eigenvalue weighted by Gasteiger charge is 2.17. The van der Waals surface area contributed by atoms with E-state index < -0.39 is 0 Å². The molecule has 0 atom stereocenters. The Hall–Kier alpha value is -0.640. The van der Waals surface area contributed by atoms with E-state index in [0.29, 0.717) is 0 Å². The molecule has 0 radical (unpaired) electrons. The molecule has 0 heterocycles. The third-order valence-corrected chi connectivity index (χ3v) is 2.26. The quantitative estimate of drug-likeness (QED) is 0.397. The van der Waals surface area contributed by atoms with Crippen LogP contribution in [0.2, 0.25) is 0 Å². The second-order valence-electron chi connectivity index (χ2n) is 3.32. The fourth-order valence-electron chi connectivity index (χ4n) is 1.31. The van der Waals surface area contributed by atoms with Gasteiger partial charge in [-0.05, 0) is 31.5 Å². The monoisotopic (exact) mass is 185 g/mol. The minimum atomic E-state index is 0.239. The van der Waals surface area contributed by atoms with Crippen LogP contribution in [0.15, 0.2) is 5.10 Å². The Morgan fingerprint density at radius 1 is 1.67 bits per heavy atom. The van der Waals surface area contributed by atoms with Crippen LogP contribution >= 0.6 is 12.2 Å². The highest BCUT2D eigenvalue weighted by atomic mass is 32.1. The van der Waals surface area contributed by atoms with Crippen LogP contribution in [0.25, 0.3) is 0 Å². The van der Waals surface area contributed by atoms with E-state index in [1.165, 1.54) is 19.3 Å². The molecule has 0 aliphatic heterocycles. The van der Waals surface area contributed by atoms with Gasteiger partial charge in [-0.25, -0.2) is 0 Å². The molecule has 0 amide bonds. The van der Waals surface area contributed by atoms with Crippen molar-refractivity contribution in [1.82, 2.24) is 5.43 Å². The fraction of sp³-hybridized carbons (Fsp3) is 0.750. The van der Waals surface area contributed by atoms with Gasteiger partial charge in [0.15, 0.2) is 5.11 Å². The summed E-state index contributed by atoms with van der Waals surface area (Å²) in [7, 11) is 0. The van der Waals surface area contributed by atoms with E-state index in [0.717, 1.165) is 18.1 Å². The van der Waals surface area contributed by atoms with Gasteiger partial charge >= 0.3 is 0 Å². The summed E-state index contributed by atoms with van der Waals surface area (Å²) in [5.74, 6) is 0.849. The molecule has 68 valence electrons. The Morgan fingerprint density at radius 3 is 2.75 bits per heavy atom. The average molecular weight is 185 g/mol. The van der Waals surface area contributed by atoms with E-state index in [1.807, 2.05) is 6.92 Å². The lowest BCUT2D eigenvalue weighted by Crippen LogP contribution is -2.25. The van der Waals surface area contributed by atoms with Crippen molar-refractivity contribution >= 4 is 23.0 Å².